The van der Waals surface area contributed by atoms with E-state index < -0.39 is 0 Å². The maximum Gasteiger partial charge on any atom is 0.226 e. The normalized spacial score (nSPS) is 17.0. The number of benzene rings is 1. The average Bonchev–Trinajstić information content (AvgIpc) is 3.42. The van der Waals surface area contributed by atoms with E-state index in [0.29, 0.717) is 18.5 Å². The zero-order valence-corrected chi connectivity index (χ0v) is 23.1. The van der Waals surface area contributed by atoms with Gasteiger partial charge in [-0.05, 0) is 36.8 Å². The van der Waals surface area contributed by atoms with E-state index in [4.69, 9.17) is 14.7 Å². The second-order valence-corrected chi connectivity index (χ2v) is 10.9. The van der Waals surface area contributed by atoms with Gasteiger partial charge in [-0.15, -0.1) is 5.10 Å². The Morgan fingerprint density at radius 1 is 1.05 bits per heavy atom. The van der Waals surface area contributed by atoms with Crippen LogP contribution >= 0.6 is 11.8 Å². The molecule has 2 aliphatic rings. The Morgan fingerprint density at radius 2 is 1.87 bits per heavy atom. The van der Waals surface area contributed by atoms with Gasteiger partial charge in [0.25, 0.3) is 0 Å². The number of aromatic nitrogens is 5. The first-order valence-electron chi connectivity index (χ1n) is 13.6. The van der Waals surface area contributed by atoms with Crippen LogP contribution in [-0.4, -0.2) is 87.3 Å². The summed E-state index contributed by atoms with van der Waals surface area (Å²) >= 11 is 1.85. The zero-order valence-electron chi connectivity index (χ0n) is 22.3. The molecule has 204 valence electrons. The highest BCUT2D eigenvalue weighted by Gasteiger charge is 2.21. The number of hydrogen-bond donors (Lipinski definition) is 2. The van der Waals surface area contributed by atoms with Crippen LogP contribution in [0.2, 0.25) is 0 Å². The number of aryl methyl sites for hydroxylation is 1. The third-order valence-electron chi connectivity index (χ3n) is 6.99. The lowest BCUT2D eigenvalue weighted by Gasteiger charge is -2.33. The fourth-order valence-electron chi connectivity index (χ4n) is 4.90. The Morgan fingerprint density at radius 3 is 2.66 bits per heavy atom. The minimum atomic E-state index is 0.392. The summed E-state index contributed by atoms with van der Waals surface area (Å²) < 4.78 is 7.47. The Balaban J connectivity index is 1.20. The molecule has 3 aromatic rings. The van der Waals surface area contributed by atoms with Crippen molar-refractivity contribution in [1.29, 1.82) is 0 Å². The Bertz CT molecular complexity index is 1110. The number of piperidine rings is 1. The first-order chi connectivity index (χ1) is 18.7. The highest BCUT2D eigenvalue weighted by atomic mass is 32.2. The van der Waals surface area contributed by atoms with Crippen molar-refractivity contribution < 1.29 is 4.74 Å². The van der Waals surface area contributed by atoms with Crippen LogP contribution in [0.5, 0.6) is 0 Å². The number of ether oxygens (including phenoxy) is 1. The van der Waals surface area contributed by atoms with E-state index in [1.54, 1.807) is 0 Å². The van der Waals surface area contributed by atoms with Crippen LogP contribution in [0.15, 0.2) is 42.6 Å². The van der Waals surface area contributed by atoms with Crippen LogP contribution < -0.4 is 15.5 Å². The number of nitrogens with zero attached hydrogens (tertiary/aromatic N) is 7. The highest BCUT2D eigenvalue weighted by Crippen LogP contribution is 2.23. The first kappa shape index (κ1) is 26.7. The quantitative estimate of drug-likeness (QED) is 0.335. The van der Waals surface area contributed by atoms with Gasteiger partial charge in [0, 0.05) is 51.4 Å². The fourth-order valence-corrected chi connectivity index (χ4v) is 5.32. The molecule has 0 saturated carbocycles. The molecule has 0 atom stereocenters. The lowest BCUT2D eigenvalue weighted by molar-refractivity contribution is 0.122. The van der Waals surface area contributed by atoms with E-state index in [9.17, 15) is 0 Å². The molecule has 2 N–H and O–H groups in total. The van der Waals surface area contributed by atoms with Crippen LogP contribution in [0, 0.1) is 0 Å². The van der Waals surface area contributed by atoms with Crippen LogP contribution in [0.1, 0.15) is 30.5 Å². The fraction of sp³-hybridized carbons (Fsp3) is 0.556. The minimum absolute atomic E-state index is 0.392. The molecule has 0 radical (unpaired) electrons. The summed E-state index contributed by atoms with van der Waals surface area (Å²) in [5.74, 6) is 3.52. The topological polar surface area (TPSA) is 96.3 Å². The minimum Gasteiger partial charge on any atom is -0.378 e. The van der Waals surface area contributed by atoms with Crippen LogP contribution in [0.25, 0.3) is 0 Å². The number of thioether (sulfide) groups is 1. The molecule has 2 aromatic heterocycles. The second-order valence-electron chi connectivity index (χ2n) is 9.89. The number of nitrogens with one attached hydrogen (secondary N) is 2. The van der Waals surface area contributed by atoms with Gasteiger partial charge in [-0.25, -0.2) is 0 Å². The summed E-state index contributed by atoms with van der Waals surface area (Å²) in [5, 5.41) is 15.7. The molecule has 0 aliphatic carbocycles. The number of hydrogen-bond acceptors (Lipinski definition) is 10. The first-order valence-corrected chi connectivity index (χ1v) is 15.0. The van der Waals surface area contributed by atoms with Gasteiger partial charge >= 0.3 is 0 Å². The van der Waals surface area contributed by atoms with Gasteiger partial charge in [-0.3, -0.25) is 9.58 Å². The number of likely N-dealkylation sites (tertiary alicyclic amines) is 1. The molecule has 2 saturated heterocycles. The second kappa shape index (κ2) is 13.8. The van der Waals surface area contributed by atoms with E-state index in [-0.39, 0.29) is 0 Å². The lowest BCUT2D eigenvalue weighted by atomic mass is 10.0. The zero-order chi connectivity index (χ0) is 26.0. The maximum atomic E-state index is 5.56. The van der Waals surface area contributed by atoms with Gasteiger partial charge in [0.1, 0.15) is 17.3 Å². The third-order valence-corrected chi connectivity index (χ3v) is 7.68. The standard InChI is InChI=1S/C27H39N9OS/c1-38-17-5-10-36-21-24(32-33-36)19-28-27-30-25(18-26(31-27)35-13-15-37-16-14-35)29-23-8-11-34(12-9-23)20-22-6-3-2-4-7-22/h2-4,6-7,18,21,23H,5,8-17,19-20H2,1H3,(H2,28,29,30,31). The largest absolute Gasteiger partial charge is 0.378 e. The van der Waals surface area contributed by atoms with E-state index in [0.717, 1.165) is 94.8 Å². The molecule has 0 amide bonds. The van der Waals surface area contributed by atoms with Gasteiger partial charge < -0.3 is 20.3 Å². The molecule has 0 unspecified atom stereocenters. The molecule has 5 rings (SSSR count). The molecule has 2 aliphatic heterocycles. The van der Waals surface area contributed by atoms with Gasteiger partial charge in [0.15, 0.2) is 0 Å². The summed E-state index contributed by atoms with van der Waals surface area (Å²) in [6.45, 7) is 7.68. The molecular weight excluding hydrogens is 498 g/mol. The van der Waals surface area contributed by atoms with Crippen molar-refractivity contribution in [3.63, 3.8) is 0 Å². The molecular formula is C27H39N9OS. The molecule has 0 bridgehead atoms. The molecule has 4 heterocycles. The summed E-state index contributed by atoms with van der Waals surface area (Å²) in [6, 6.07) is 13.2. The maximum absolute atomic E-state index is 5.56. The van der Waals surface area contributed by atoms with E-state index in [1.807, 2.05) is 22.6 Å². The van der Waals surface area contributed by atoms with Gasteiger partial charge in [0.2, 0.25) is 5.95 Å². The van der Waals surface area contributed by atoms with Crippen molar-refractivity contribution in [1.82, 2.24) is 29.9 Å². The van der Waals surface area contributed by atoms with Gasteiger partial charge in [-0.1, -0.05) is 35.5 Å². The molecule has 2 fully saturated rings. The predicted molar refractivity (Wildman–Crippen MR) is 154 cm³/mol. The summed E-state index contributed by atoms with van der Waals surface area (Å²) in [6.07, 6.45) is 7.39. The predicted octanol–water partition coefficient (Wildman–Crippen LogP) is 3.35. The van der Waals surface area contributed by atoms with Crippen LogP contribution in [0.3, 0.4) is 0 Å². The lowest BCUT2D eigenvalue weighted by Crippen LogP contribution is -2.39. The monoisotopic (exact) mass is 537 g/mol. The number of rotatable bonds is 12. The SMILES string of the molecule is CSCCCn1cc(CNc2nc(NC3CCN(Cc4ccccc4)CC3)cc(N3CCOCC3)n2)nn1. The van der Waals surface area contributed by atoms with Crippen LogP contribution in [0.4, 0.5) is 17.6 Å². The van der Waals surface area contributed by atoms with Crippen molar-refractivity contribution in [3.8, 4) is 0 Å². The number of morpholine rings is 1. The van der Waals surface area contributed by atoms with Crippen LogP contribution in [-0.2, 0) is 24.4 Å². The summed E-state index contributed by atoms with van der Waals surface area (Å²) in [4.78, 5) is 14.5. The third kappa shape index (κ3) is 7.81. The van der Waals surface area contributed by atoms with E-state index in [2.05, 4.69) is 73.4 Å². The van der Waals surface area contributed by atoms with Crippen molar-refractivity contribution in [2.45, 2.75) is 44.9 Å². The Labute approximate surface area is 229 Å². The van der Waals surface area contributed by atoms with Crippen molar-refractivity contribution in [2.24, 2.45) is 0 Å². The highest BCUT2D eigenvalue weighted by molar-refractivity contribution is 7.98. The molecule has 38 heavy (non-hydrogen) atoms. The van der Waals surface area contributed by atoms with E-state index in [1.165, 1.54) is 5.56 Å². The summed E-state index contributed by atoms with van der Waals surface area (Å²) in [5.41, 5.74) is 2.26. The molecule has 0 spiro atoms. The van der Waals surface area contributed by atoms with Crippen molar-refractivity contribution in [2.75, 3.05) is 66.9 Å². The van der Waals surface area contributed by atoms with Crippen molar-refractivity contribution in [3.05, 3.63) is 53.9 Å². The Hall–Kier alpha value is -2.89. The molecule has 11 heteroatoms. The Kier molecular flexibility index (Phi) is 9.68. The smallest absolute Gasteiger partial charge is 0.226 e. The van der Waals surface area contributed by atoms with Gasteiger partial charge in [0.05, 0.1) is 26.0 Å². The van der Waals surface area contributed by atoms with E-state index >= 15 is 0 Å². The molecule has 1 aromatic carbocycles. The molecule has 10 nitrogen and oxygen atoms in total. The van der Waals surface area contributed by atoms with Gasteiger partial charge in [-0.2, -0.15) is 21.7 Å². The summed E-state index contributed by atoms with van der Waals surface area (Å²) in [7, 11) is 0. The van der Waals surface area contributed by atoms with Crippen molar-refractivity contribution >= 4 is 29.3 Å². The average molecular weight is 538 g/mol. The number of anilines is 3.